The molecule has 1 fully saturated rings. The van der Waals surface area contributed by atoms with E-state index >= 15 is 0 Å². The number of esters is 1. The van der Waals surface area contributed by atoms with Gasteiger partial charge in [0.15, 0.2) is 0 Å². The number of carbonyl (C=O) groups is 4. The van der Waals surface area contributed by atoms with Crippen molar-refractivity contribution in [2.45, 2.75) is 19.4 Å². The van der Waals surface area contributed by atoms with Gasteiger partial charge in [-0.15, -0.1) is 0 Å². The van der Waals surface area contributed by atoms with Crippen molar-refractivity contribution in [3.05, 3.63) is 91.4 Å². The Morgan fingerprint density at radius 1 is 0.868 bits per heavy atom. The van der Waals surface area contributed by atoms with E-state index in [9.17, 15) is 19.2 Å². The molecule has 0 radical (unpaired) electrons. The molecule has 3 amide bonds. The molecule has 0 aliphatic carbocycles. The number of hydrogen-bond donors (Lipinski definition) is 0. The van der Waals surface area contributed by atoms with Gasteiger partial charge in [-0.1, -0.05) is 82.8 Å². The zero-order chi connectivity index (χ0) is 27.3. The molecule has 5 rings (SSSR count). The molecule has 38 heavy (non-hydrogen) atoms. The number of carbonyl (C=O) groups excluding carboxylic acids is 4. The van der Waals surface area contributed by atoms with Gasteiger partial charge in [0, 0.05) is 19.0 Å². The molecule has 2 aliphatic heterocycles. The van der Waals surface area contributed by atoms with Crippen LogP contribution >= 0.6 is 46.4 Å². The van der Waals surface area contributed by atoms with Gasteiger partial charge in [-0.2, -0.15) is 0 Å². The van der Waals surface area contributed by atoms with Crippen molar-refractivity contribution >= 4 is 75.8 Å². The van der Waals surface area contributed by atoms with Crippen molar-refractivity contribution in [2.75, 3.05) is 11.4 Å². The fourth-order valence-electron chi connectivity index (χ4n) is 4.64. The summed E-state index contributed by atoms with van der Waals surface area (Å²) in [6, 6.07) is 15.2. The van der Waals surface area contributed by atoms with Crippen molar-refractivity contribution in [3.8, 4) is 5.75 Å². The van der Waals surface area contributed by atoms with Gasteiger partial charge in [0.25, 0.3) is 11.8 Å². The van der Waals surface area contributed by atoms with Crippen LogP contribution in [-0.2, 0) is 9.59 Å². The summed E-state index contributed by atoms with van der Waals surface area (Å²) in [6.07, 6.45) is 0.0205. The van der Waals surface area contributed by atoms with Crippen LogP contribution in [0, 0.1) is 5.92 Å². The highest BCUT2D eigenvalue weighted by molar-refractivity contribution is 6.56. The normalized spacial score (nSPS) is 17.7. The molecule has 0 N–H and O–H groups in total. The average molecular weight is 592 g/mol. The Morgan fingerprint density at radius 3 is 2.08 bits per heavy atom. The minimum Gasteiger partial charge on any atom is -0.426 e. The zero-order valence-corrected chi connectivity index (χ0v) is 22.7. The smallest absolute Gasteiger partial charge is 0.316 e. The van der Waals surface area contributed by atoms with E-state index in [0.717, 1.165) is 10.5 Å². The van der Waals surface area contributed by atoms with Crippen molar-refractivity contribution in [1.82, 2.24) is 4.90 Å². The molecule has 1 saturated heterocycles. The SMILES string of the molecule is C[C@H](c1ccccc1)N1C[C@H](C(=O)Oc2cccc(N3C(=O)c4c(Cl)c(Cl)c(Cl)c(Cl)c4C3=O)c2)CC1=O. The Hall–Kier alpha value is -3.10. The third kappa shape index (κ3) is 4.43. The van der Waals surface area contributed by atoms with Gasteiger partial charge >= 0.3 is 5.97 Å². The molecule has 3 aromatic rings. The van der Waals surface area contributed by atoms with Crippen LogP contribution in [0.15, 0.2) is 54.6 Å². The van der Waals surface area contributed by atoms with Crippen LogP contribution in [0.5, 0.6) is 5.75 Å². The van der Waals surface area contributed by atoms with Crippen LogP contribution < -0.4 is 9.64 Å². The number of imide groups is 1. The van der Waals surface area contributed by atoms with Crippen LogP contribution in [0.3, 0.4) is 0 Å². The number of anilines is 1. The Labute approximate surface area is 237 Å². The van der Waals surface area contributed by atoms with Gasteiger partial charge in [0.2, 0.25) is 5.91 Å². The molecule has 2 heterocycles. The topological polar surface area (TPSA) is 84.0 Å². The van der Waals surface area contributed by atoms with E-state index in [1.165, 1.54) is 24.3 Å². The largest absolute Gasteiger partial charge is 0.426 e. The van der Waals surface area contributed by atoms with Crippen LogP contribution in [0.2, 0.25) is 20.1 Å². The lowest BCUT2D eigenvalue weighted by Crippen LogP contribution is -2.30. The number of likely N-dealkylation sites (tertiary alicyclic amines) is 1. The lowest BCUT2D eigenvalue weighted by atomic mass is 10.1. The van der Waals surface area contributed by atoms with Crippen LogP contribution in [0.4, 0.5) is 5.69 Å². The summed E-state index contributed by atoms with van der Waals surface area (Å²) in [5.74, 6) is -2.80. The number of nitrogens with zero attached hydrogens (tertiary/aromatic N) is 2. The summed E-state index contributed by atoms with van der Waals surface area (Å²) in [7, 11) is 0. The molecule has 2 atom stereocenters. The number of ether oxygens (including phenoxy) is 1. The minimum atomic E-state index is -0.745. The number of benzene rings is 3. The molecule has 11 heteroatoms. The number of halogens is 4. The second-order valence-corrected chi connectivity index (χ2v) is 10.4. The monoisotopic (exact) mass is 590 g/mol. The molecule has 0 saturated carbocycles. The summed E-state index contributed by atoms with van der Waals surface area (Å²) in [5.41, 5.74) is 0.778. The average Bonchev–Trinajstić information content (AvgIpc) is 3.43. The summed E-state index contributed by atoms with van der Waals surface area (Å²) < 4.78 is 5.55. The first-order valence-electron chi connectivity index (χ1n) is 11.5. The van der Waals surface area contributed by atoms with Crippen LogP contribution in [0.25, 0.3) is 0 Å². The highest BCUT2D eigenvalue weighted by Crippen LogP contribution is 2.46. The number of hydrogen-bond acceptors (Lipinski definition) is 5. The zero-order valence-electron chi connectivity index (χ0n) is 19.7. The maximum absolute atomic E-state index is 13.1. The van der Waals surface area contributed by atoms with E-state index in [2.05, 4.69) is 0 Å². The maximum Gasteiger partial charge on any atom is 0.316 e. The summed E-state index contributed by atoms with van der Waals surface area (Å²) in [6.45, 7) is 2.12. The number of fused-ring (bicyclic) bond motifs is 1. The Balaban J connectivity index is 1.34. The van der Waals surface area contributed by atoms with Gasteiger partial charge in [-0.05, 0) is 24.6 Å². The second-order valence-electron chi connectivity index (χ2n) is 8.90. The molecular formula is C27H18Cl4N2O5. The molecule has 2 aliphatic rings. The minimum absolute atomic E-state index is 0.0205. The third-order valence-electron chi connectivity index (χ3n) is 6.64. The van der Waals surface area contributed by atoms with E-state index in [4.69, 9.17) is 51.1 Å². The van der Waals surface area contributed by atoms with Crippen LogP contribution in [-0.4, -0.2) is 35.1 Å². The Morgan fingerprint density at radius 2 is 1.47 bits per heavy atom. The van der Waals surface area contributed by atoms with E-state index in [1.54, 1.807) is 4.90 Å². The lowest BCUT2D eigenvalue weighted by Gasteiger charge is -2.25. The first-order chi connectivity index (χ1) is 18.1. The fraction of sp³-hybridized carbons (Fsp3) is 0.185. The van der Waals surface area contributed by atoms with Gasteiger partial charge < -0.3 is 9.64 Å². The highest BCUT2D eigenvalue weighted by Gasteiger charge is 2.43. The van der Waals surface area contributed by atoms with Gasteiger partial charge in [0.05, 0.1) is 48.9 Å². The molecule has 7 nitrogen and oxygen atoms in total. The first kappa shape index (κ1) is 26.5. The summed E-state index contributed by atoms with van der Waals surface area (Å²) in [4.78, 5) is 54.4. The van der Waals surface area contributed by atoms with E-state index < -0.39 is 23.7 Å². The number of amides is 3. The van der Waals surface area contributed by atoms with Crippen molar-refractivity contribution < 1.29 is 23.9 Å². The highest BCUT2D eigenvalue weighted by atomic mass is 35.5. The van der Waals surface area contributed by atoms with E-state index in [0.29, 0.717) is 0 Å². The molecule has 194 valence electrons. The molecule has 0 aromatic heterocycles. The number of rotatable bonds is 5. The standard InChI is InChI=1S/C27H18Cl4N2O5/c1-13(14-6-3-2-4-7-14)32-12-15(10-18(32)34)27(37)38-17-9-5-8-16(11-17)33-25(35)19-20(26(33)36)22(29)24(31)23(30)21(19)28/h2-9,11,13,15H,10,12H2,1H3/t13-,15-/m1/s1. The Bertz CT molecular complexity index is 1460. The second kappa shape index (κ2) is 10.2. The van der Waals surface area contributed by atoms with Gasteiger partial charge in [-0.25, -0.2) is 4.90 Å². The van der Waals surface area contributed by atoms with E-state index in [1.807, 2.05) is 37.3 Å². The van der Waals surface area contributed by atoms with Crippen molar-refractivity contribution in [3.63, 3.8) is 0 Å². The predicted octanol–water partition coefficient (Wildman–Crippen LogP) is 6.62. The fourth-order valence-corrected chi connectivity index (χ4v) is 5.66. The van der Waals surface area contributed by atoms with E-state index in [-0.39, 0.29) is 67.6 Å². The maximum atomic E-state index is 13.1. The Kier molecular flexibility index (Phi) is 7.13. The molecule has 0 bridgehead atoms. The predicted molar refractivity (Wildman–Crippen MR) is 144 cm³/mol. The van der Waals surface area contributed by atoms with Gasteiger partial charge in [0.1, 0.15) is 5.75 Å². The molecule has 3 aromatic carbocycles. The summed E-state index contributed by atoms with van der Waals surface area (Å²) >= 11 is 24.6. The first-order valence-corrected chi connectivity index (χ1v) is 13.0. The quantitative estimate of drug-likeness (QED) is 0.109. The third-order valence-corrected chi connectivity index (χ3v) is 8.44. The molecular weight excluding hydrogens is 574 g/mol. The molecule has 0 spiro atoms. The van der Waals surface area contributed by atoms with Crippen LogP contribution in [0.1, 0.15) is 45.7 Å². The van der Waals surface area contributed by atoms with Crippen molar-refractivity contribution in [2.24, 2.45) is 5.92 Å². The lowest BCUT2D eigenvalue weighted by molar-refractivity contribution is -0.139. The summed E-state index contributed by atoms with van der Waals surface area (Å²) in [5, 5.41) is -0.631. The molecule has 0 unspecified atom stereocenters. The van der Waals surface area contributed by atoms with Crippen molar-refractivity contribution in [1.29, 1.82) is 0 Å². The van der Waals surface area contributed by atoms with Gasteiger partial charge in [-0.3, -0.25) is 19.2 Å².